The van der Waals surface area contributed by atoms with Crippen LogP contribution in [0.4, 0.5) is 15.8 Å². The minimum Gasteiger partial charge on any atom is -0.493 e. The summed E-state index contributed by atoms with van der Waals surface area (Å²) in [6, 6.07) is 12.4. The van der Waals surface area contributed by atoms with Gasteiger partial charge in [-0.25, -0.2) is 4.39 Å². The summed E-state index contributed by atoms with van der Waals surface area (Å²) in [4.78, 5) is 4.13. The minimum atomic E-state index is -0.188. The molecule has 2 aromatic rings. The Morgan fingerprint density at radius 2 is 1.69 bits per heavy atom. The number of rotatable bonds is 4. The van der Waals surface area contributed by atoms with Crippen molar-refractivity contribution in [2.75, 3.05) is 50.6 Å². The maximum atomic E-state index is 13.9. The number of methoxy groups -OCH3 is 2. The molecule has 0 atom stereocenters. The summed E-state index contributed by atoms with van der Waals surface area (Å²) in [6.07, 6.45) is 0. The number of ether oxygens (including phenoxy) is 2. The molecular weight excluding hydrogens is 353 g/mol. The summed E-state index contributed by atoms with van der Waals surface area (Å²) in [7, 11) is 3.20. The molecule has 0 spiro atoms. The standard InChI is InChI=1S/C19H22FN3O2S/c1-24-17-8-7-14(13-18(17)25-2)21-19(26)23-11-9-22(10-12-23)16-6-4-3-5-15(16)20/h3-8,13H,9-12H2,1-2H3,(H,21,26). The van der Waals surface area contributed by atoms with Gasteiger partial charge in [0, 0.05) is 37.9 Å². The first-order valence-electron chi connectivity index (χ1n) is 8.40. The van der Waals surface area contributed by atoms with Crippen molar-refractivity contribution in [3.05, 3.63) is 48.3 Å². The molecule has 2 aromatic carbocycles. The van der Waals surface area contributed by atoms with Crippen molar-refractivity contribution < 1.29 is 13.9 Å². The number of thiocarbonyl (C=S) groups is 1. The summed E-state index contributed by atoms with van der Waals surface area (Å²) < 4.78 is 24.5. The molecule has 3 rings (SSSR count). The molecule has 1 heterocycles. The normalized spacial score (nSPS) is 14.1. The van der Waals surface area contributed by atoms with Crippen LogP contribution in [0, 0.1) is 5.82 Å². The highest BCUT2D eigenvalue weighted by molar-refractivity contribution is 7.80. The maximum Gasteiger partial charge on any atom is 0.173 e. The smallest absolute Gasteiger partial charge is 0.173 e. The summed E-state index contributed by atoms with van der Waals surface area (Å²) in [5, 5.41) is 3.88. The highest BCUT2D eigenvalue weighted by Crippen LogP contribution is 2.30. The zero-order valence-electron chi connectivity index (χ0n) is 14.9. The van der Waals surface area contributed by atoms with Crippen molar-refractivity contribution in [3.8, 4) is 11.5 Å². The monoisotopic (exact) mass is 375 g/mol. The van der Waals surface area contributed by atoms with Crippen LogP contribution in [-0.4, -0.2) is 50.4 Å². The minimum absolute atomic E-state index is 0.188. The summed E-state index contributed by atoms with van der Waals surface area (Å²) in [5.41, 5.74) is 1.48. The van der Waals surface area contributed by atoms with E-state index in [1.54, 1.807) is 20.3 Å². The van der Waals surface area contributed by atoms with Gasteiger partial charge >= 0.3 is 0 Å². The number of nitrogens with one attached hydrogen (secondary N) is 1. The lowest BCUT2D eigenvalue weighted by molar-refractivity contribution is 0.355. The van der Waals surface area contributed by atoms with Gasteiger partial charge in [-0.05, 0) is 36.5 Å². The lowest BCUT2D eigenvalue weighted by Gasteiger charge is -2.37. The van der Waals surface area contributed by atoms with Crippen molar-refractivity contribution in [1.29, 1.82) is 0 Å². The number of nitrogens with zero attached hydrogens (tertiary/aromatic N) is 2. The number of hydrogen-bond acceptors (Lipinski definition) is 4. The van der Waals surface area contributed by atoms with Crippen LogP contribution in [0.2, 0.25) is 0 Å². The molecule has 0 unspecified atom stereocenters. The lowest BCUT2D eigenvalue weighted by atomic mass is 10.2. The second kappa shape index (κ2) is 8.23. The van der Waals surface area contributed by atoms with E-state index in [9.17, 15) is 4.39 Å². The van der Waals surface area contributed by atoms with Gasteiger partial charge in [0.1, 0.15) is 5.82 Å². The SMILES string of the molecule is COc1ccc(NC(=S)N2CCN(c3ccccc3F)CC2)cc1OC. The Morgan fingerprint density at radius 1 is 1.00 bits per heavy atom. The Hall–Kier alpha value is -2.54. The Bertz CT molecular complexity index is 779. The van der Waals surface area contributed by atoms with Crippen molar-refractivity contribution in [2.45, 2.75) is 0 Å². The molecule has 0 aliphatic carbocycles. The molecule has 26 heavy (non-hydrogen) atoms. The Morgan fingerprint density at radius 3 is 2.35 bits per heavy atom. The molecule has 1 aliphatic rings. The highest BCUT2D eigenvalue weighted by atomic mass is 32.1. The maximum absolute atomic E-state index is 13.9. The summed E-state index contributed by atoms with van der Waals surface area (Å²) >= 11 is 5.53. The first kappa shape index (κ1) is 18.3. The van der Waals surface area contributed by atoms with E-state index in [1.165, 1.54) is 6.07 Å². The average molecular weight is 375 g/mol. The van der Waals surface area contributed by atoms with Crippen LogP contribution in [0.3, 0.4) is 0 Å². The highest BCUT2D eigenvalue weighted by Gasteiger charge is 2.21. The van der Waals surface area contributed by atoms with E-state index >= 15 is 0 Å². The van der Waals surface area contributed by atoms with Crippen LogP contribution in [0.5, 0.6) is 11.5 Å². The summed E-state index contributed by atoms with van der Waals surface area (Å²) in [6.45, 7) is 2.89. The van der Waals surface area contributed by atoms with Crippen LogP contribution in [-0.2, 0) is 0 Å². The second-order valence-electron chi connectivity index (χ2n) is 5.93. The Labute approximate surface area is 158 Å². The van der Waals surface area contributed by atoms with Gasteiger partial charge in [0.2, 0.25) is 0 Å². The Kier molecular flexibility index (Phi) is 5.78. The summed E-state index contributed by atoms with van der Waals surface area (Å²) in [5.74, 6) is 1.12. The van der Waals surface area contributed by atoms with Crippen molar-refractivity contribution in [2.24, 2.45) is 0 Å². The van der Waals surface area contributed by atoms with Crippen molar-refractivity contribution in [1.82, 2.24) is 4.90 Å². The second-order valence-corrected chi connectivity index (χ2v) is 6.31. The van der Waals surface area contributed by atoms with Gasteiger partial charge < -0.3 is 24.6 Å². The first-order valence-corrected chi connectivity index (χ1v) is 8.80. The van der Waals surface area contributed by atoms with Crippen molar-refractivity contribution >= 4 is 28.7 Å². The molecule has 0 saturated carbocycles. The van der Waals surface area contributed by atoms with Gasteiger partial charge in [0.05, 0.1) is 19.9 Å². The van der Waals surface area contributed by atoms with Crippen LogP contribution < -0.4 is 19.7 Å². The number of anilines is 2. The lowest BCUT2D eigenvalue weighted by Crippen LogP contribution is -2.50. The quantitative estimate of drug-likeness (QED) is 0.826. The van der Waals surface area contributed by atoms with E-state index in [2.05, 4.69) is 10.2 Å². The van der Waals surface area contributed by atoms with E-state index in [0.717, 1.165) is 18.8 Å². The third-order valence-corrected chi connectivity index (χ3v) is 4.76. The molecular formula is C19H22FN3O2S. The predicted octanol–water partition coefficient (Wildman–Crippen LogP) is 3.36. The van der Waals surface area contributed by atoms with E-state index in [1.807, 2.05) is 35.2 Å². The fraction of sp³-hybridized carbons (Fsp3) is 0.316. The van der Waals surface area contributed by atoms with Gasteiger partial charge in [0.25, 0.3) is 0 Å². The number of piperazine rings is 1. The fourth-order valence-electron chi connectivity index (χ4n) is 2.98. The van der Waals surface area contributed by atoms with Crippen LogP contribution in [0.15, 0.2) is 42.5 Å². The molecule has 5 nitrogen and oxygen atoms in total. The molecule has 7 heteroatoms. The number of benzene rings is 2. The van der Waals surface area contributed by atoms with Gasteiger partial charge in [-0.15, -0.1) is 0 Å². The molecule has 0 aromatic heterocycles. The number of halogens is 1. The zero-order valence-corrected chi connectivity index (χ0v) is 15.7. The van der Waals surface area contributed by atoms with E-state index in [4.69, 9.17) is 21.7 Å². The van der Waals surface area contributed by atoms with E-state index in [0.29, 0.717) is 35.4 Å². The van der Waals surface area contributed by atoms with Gasteiger partial charge in [-0.3, -0.25) is 0 Å². The molecule has 1 aliphatic heterocycles. The van der Waals surface area contributed by atoms with Crippen LogP contribution in [0.25, 0.3) is 0 Å². The van der Waals surface area contributed by atoms with Gasteiger partial charge in [0.15, 0.2) is 16.6 Å². The van der Waals surface area contributed by atoms with Crippen LogP contribution >= 0.6 is 12.2 Å². The zero-order chi connectivity index (χ0) is 18.5. The van der Waals surface area contributed by atoms with E-state index < -0.39 is 0 Å². The Balaban J connectivity index is 1.60. The molecule has 1 fully saturated rings. The number of hydrogen-bond donors (Lipinski definition) is 1. The first-order chi connectivity index (χ1) is 12.6. The predicted molar refractivity (Wildman–Crippen MR) is 106 cm³/mol. The third kappa shape index (κ3) is 3.99. The van der Waals surface area contributed by atoms with Gasteiger partial charge in [-0.2, -0.15) is 0 Å². The molecule has 0 bridgehead atoms. The fourth-order valence-corrected chi connectivity index (χ4v) is 3.28. The molecule has 0 amide bonds. The van der Waals surface area contributed by atoms with Crippen LogP contribution in [0.1, 0.15) is 0 Å². The number of para-hydroxylation sites is 1. The average Bonchev–Trinajstić information content (AvgIpc) is 2.68. The van der Waals surface area contributed by atoms with Crippen molar-refractivity contribution in [3.63, 3.8) is 0 Å². The molecule has 138 valence electrons. The largest absolute Gasteiger partial charge is 0.493 e. The van der Waals surface area contributed by atoms with Gasteiger partial charge in [-0.1, -0.05) is 12.1 Å². The molecule has 1 N–H and O–H groups in total. The molecule has 0 radical (unpaired) electrons. The molecule has 1 saturated heterocycles. The third-order valence-electron chi connectivity index (χ3n) is 4.39. The van der Waals surface area contributed by atoms with E-state index in [-0.39, 0.29) is 5.82 Å². The topological polar surface area (TPSA) is 37.0 Å².